The van der Waals surface area contributed by atoms with E-state index >= 15 is 0 Å². The molecule has 0 spiro atoms. The number of aryl methyl sites for hydroxylation is 1. The zero-order valence-corrected chi connectivity index (χ0v) is 16.0. The number of benzene rings is 1. The molecule has 7 heteroatoms. The number of hydrogen-bond donors (Lipinski definition) is 2. The first-order valence-electron chi connectivity index (χ1n) is 8.72. The summed E-state index contributed by atoms with van der Waals surface area (Å²) in [7, 11) is 0. The van der Waals surface area contributed by atoms with Gasteiger partial charge in [-0.3, -0.25) is 14.9 Å². The molecule has 2 heterocycles. The minimum Gasteiger partial charge on any atom is -0.459 e. The van der Waals surface area contributed by atoms with Gasteiger partial charge in [0.2, 0.25) is 5.91 Å². The van der Waals surface area contributed by atoms with Gasteiger partial charge in [0.1, 0.15) is 0 Å². The monoisotopic (exact) mass is 383 g/mol. The summed E-state index contributed by atoms with van der Waals surface area (Å²) in [4.78, 5) is 28.5. The third kappa shape index (κ3) is 5.04. The van der Waals surface area contributed by atoms with Gasteiger partial charge in [0.05, 0.1) is 24.4 Å². The molecule has 0 saturated carbocycles. The Hall–Kier alpha value is -2.93. The lowest BCUT2D eigenvalue weighted by Gasteiger charge is -2.14. The fraction of sp³-hybridized carbons (Fsp3) is 0.250. The van der Waals surface area contributed by atoms with Crippen molar-refractivity contribution in [3.8, 4) is 0 Å². The Morgan fingerprint density at radius 2 is 2.00 bits per heavy atom. The number of amides is 2. The molecule has 0 bridgehead atoms. The first-order valence-corrected chi connectivity index (χ1v) is 9.60. The predicted molar refractivity (Wildman–Crippen MR) is 105 cm³/mol. The van der Waals surface area contributed by atoms with E-state index in [4.69, 9.17) is 4.42 Å². The van der Waals surface area contributed by atoms with Crippen molar-refractivity contribution in [1.82, 2.24) is 10.3 Å². The van der Waals surface area contributed by atoms with Crippen molar-refractivity contribution in [1.29, 1.82) is 0 Å². The number of hydrogen-bond acceptors (Lipinski definition) is 5. The van der Waals surface area contributed by atoms with Crippen LogP contribution < -0.4 is 10.6 Å². The molecular formula is C20H21N3O3S. The van der Waals surface area contributed by atoms with Crippen LogP contribution >= 0.6 is 11.3 Å². The number of thiazole rings is 1. The molecule has 6 nitrogen and oxygen atoms in total. The highest BCUT2D eigenvalue weighted by Crippen LogP contribution is 2.18. The quantitative estimate of drug-likeness (QED) is 0.646. The highest BCUT2D eigenvalue weighted by Gasteiger charge is 2.14. The fourth-order valence-electron chi connectivity index (χ4n) is 2.59. The third-order valence-electron chi connectivity index (χ3n) is 4.12. The number of nitrogens with zero attached hydrogens (tertiary/aromatic N) is 1. The lowest BCUT2D eigenvalue weighted by molar-refractivity contribution is -0.121. The lowest BCUT2D eigenvalue weighted by Crippen LogP contribution is -2.28. The SMILES string of the molecule is CCc1ccc(C(C)NC(=O)Cc2csc(NC(=O)c3ccco3)n2)cc1. The Labute approximate surface area is 161 Å². The maximum Gasteiger partial charge on any atom is 0.293 e. The van der Waals surface area contributed by atoms with Crippen LogP contribution in [-0.4, -0.2) is 16.8 Å². The summed E-state index contributed by atoms with van der Waals surface area (Å²) in [6, 6.07) is 11.4. The molecule has 3 rings (SSSR count). The Bertz CT molecular complexity index is 901. The van der Waals surface area contributed by atoms with Gasteiger partial charge in [-0.2, -0.15) is 0 Å². The minimum atomic E-state index is -0.366. The van der Waals surface area contributed by atoms with Crippen molar-refractivity contribution in [3.63, 3.8) is 0 Å². The number of anilines is 1. The zero-order chi connectivity index (χ0) is 19.2. The van der Waals surface area contributed by atoms with Gasteiger partial charge in [-0.15, -0.1) is 11.3 Å². The minimum absolute atomic E-state index is 0.0832. The molecule has 0 aliphatic carbocycles. The standard InChI is InChI=1S/C20H21N3O3S/c1-3-14-6-8-15(9-7-14)13(2)21-18(24)11-16-12-27-20(22-16)23-19(25)17-5-4-10-26-17/h4-10,12-13H,3,11H2,1-2H3,(H,21,24)(H,22,23,25). The molecule has 140 valence electrons. The van der Waals surface area contributed by atoms with Crippen LogP contribution in [-0.2, 0) is 17.6 Å². The highest BCUT2D eigenvalue weighted by molar-refractivity contribution is 7.14. The van der Waals surface area contributed by atoms with E-state index < -0.39 is 0 Å². The largest absolute Gasteiger partial charge is 0.459 e. The molecule has 1 atom stereocenters. The van der Waals surface area contributed by atoms with Crippen LogP contribution in [0.5, 0.6) is 0 Å². The Balaban J connectivity index is 1.53. The van der Waals surface area contributed by atoms with Gasteiger partial charge in [0.15, 0.2) is 10.9 Å². The number of carbonyl (C=O) groups excluding carboxylic acids is 2. The van der Waals surface area contributed by atoms with Crippen LogP contribution in [0, 0.1) is 0 Å². The van der Waals surface area contributed by atoms with E-state index in [1.807, 2.05) is 19.1 Å². The number of nitrogens with one attached hydrogen (secondary N) is 2. The molecule has 1 unspecified atom stereocenters. The number of rotatable bonds is 7. The van der Waals surface area contributed by atoms with E-state index in [0.29, 0.717) is 10.8 Å². The fourth-order valence-corrected chi connectivity index (χ4v) is 3.30. The third-order valence-corrected chi connectivity index (χ3v) is 4.93. The molecule has 0 fully saturated rings. The summed E-state index contributed by atoms with van der Waals surface area (Å²) in [5.41, 5.74) is 2.94. The number of carbonyl (C=O) groups is 2. The van der Waals surface area contributed by atoms with Gasteiger partial charge < -0.3 is 9.73 Å². The lowest BCUT2D eigenvalue weighted by atomic mass is 10.0. The summed E-state index contributed by atoms with van der Waals surface area (Å²) < 4.78 is 5.04. The van der Waals surface area contributed by atoms with E-state index in [1.165, 1.54) is 23.2 Å². The average Bonchev–Trinajstić information content (AvgIpc) is 3.34. The Morgan fingerprint density at radius 3 is 2.67 bits per heavy atom. The van der Waals surface area contributed by atoms with Crippen molar-refractivity contribution < 1.29 is 14.0 Å². The molecule has 2 amide bonds. The molecule has 0 aliphatic heterocycles. The second kappa shape index (κ2) is 8.64. The number of aromatic nitrogens is 1. The van der Waals surface area contributed by atoms with Crippen LogP contribution in [0.3, 0.4) is 0 Å². The van der Waals surface area contributed by atoms with Crippen molar-refractivity contribution in [2.75, 3.05) is 5.32 Å². The molecule has 0 aliphatic rings. The second-order valence-corrected chi connectivity index (χ2v) is 6.99. The van der Waals surface area contributed by atoms with Gasteiger partial charge in [-0.25, -0.2) is 4.98 Å². The molecule has 3 aromatic rings. The van der Waals surface area contributed by atoms with E-state index in [-0.39, 0.29) is 30.0 Å². The van der Waals surface area contributed by atoms with Gasteiger partial charge >= 0.3 is 0 Å². The van der Waals surface area contributed by atoms with Crippen molar-refractivity contribution in [2.45, 2.75) is 32.7 Å². The first kappa shape index (κ1) is 18.8. The van der Waals surface area contributed by atoms with Crippen LogP contribution in [0.25, 0.3) is 0 Å². The van der Waals surface area contributed by atoms with Crippen molar-refractivity contribution >= 4 is 28.3 Å². The maximum atomic E-state index is 12.3. The normalized spacial score (nSPS) is 11.8. The molecule has 2 N–H and O–H groups in total. The molecule has 0 radical (unpaired) electrons. The van der Waals surface area contributed by atoms with Crippen LogP contribution in [0.1, 0.15) is 47.3 Å². The zero-order valence-electron chi connectivity index (χ0n) is 15.2. The van der Waals surface area contributed by atoms with Gasteiger partial charge in [-0.1, -0.05) is 31.2 Å². The summed E-state index contributed by atoms with van der Waals surface area (Å²) in [6.07, 6.45) is 2.58. The maximum absolute atomic E-state index is 12.3. The van der Waals surface area contributed by atoms with E-state index in [1.54, 1.807) is 17.5 Å². The summed E-state index contributed by atoms with van der Waals surface area (Å²) in [5.74, 6) is -0.266. The summed E-state index contributed by atoms with van der Waals surface area (Å²) in [6.45, 7) is 4.06. The molecule has 0 saturated heterocycles. The smallest absolute Gasteiger partial charge is 0.293 e. The molecule has 2 aromatic heterocycles. The van der Waals surface area contributed by atoms with E-state index in [9.17, 15) is 9.59 Å². The molecule has 27 heavy (non-hydrogen) atoms. The van der Waals surface area contributed by atoms with Crippen LogP contribution in [0.4, 0.5) is 5.13 Å². The van der Waals surface area contributed by atoms with Crippen LogP contribution in [0.2, 0.25) is 0 Å². The van der Waals surface area contributed by atoms with E-state index in [2.05, 4.69) is 34.7 Å². The Kier molecular flexibility index (Phi) is 6.03. The van der Waals surface area contributed by atoms with Gasteiger partial charge in [0, 0.05) is 5.38 Å². The highest BCUT2D eigenvalue weighted by atomic mass is 32.1. The van der Waals surface area contributed by atoms with Gasteiger partial charge in [-0.05, 0) is 36.6 Å². The van der Waals surface area contributed by atoms with Crippen LogP contribution in [0.15, 0.2) is 52.5 Å². The molecule has 1 aromatic carbocycles. The Morgan fingerprint density at radius 1 is 1.22 bits per heavy atom. The molecular weight excluding hydrogens is 362 g/mol. The second-order valence-electron chi connectivity index (χ2n) is 6.14. The van der Waals surface area contributed by atoms with Crippen molar-refractivity contribution in [3.05, 3.63) is 70.6 Å². The predicted octanol–water partition coefficient (Wildman–Crippen LogP) is 3.97. The first-order chi connectivity index (χ1) is 13.0. The van der Waals surface area contributed by atoms with Gasteiger partial charge in [0.25, 0.3) is 5.91 Å². The van der Waals surface area contributed by atoms with E-state index in [0.717, 1.165) is 12.0 Å². The average molecular weight is 383 g/mol. The topological polar surface area (TPSA) is 84.2 Å². The van der Waals surface area contributed by atoms with Crippen molar-refractivity contribution in [2.24, 2.45) is 0 Å². The number of furan rings is 1. The summed E-state index contributed by atoms with van der Waals surface area (Å²) in [5, 5.41) is 7.83. The summed E-state index contributed by atoms with van der Waals surface area (Å²) >= 11 is 1.27.